The third-order valence-corrected chi connectivity index (χ3v) is 3.46. The molecule has 1 N–H and O–H groups in total. The summed E-state index contributed by atoms with van der Waals surface area (Å²) in [7, 11) is 0. The van der Waals surface area contributed by atoms with E-state index in [0.717, 1.165) is 29.8 Å². The second-order valence-electron chi connectivity index (χ2n) is 3.95. The lowest BCUT2D eigenvalue weighted by molar-refractivity contribution is 0.0696. The molecular weight excluding hydrogens is 202 g/mol. The fourth-order valence-corrected chi connectivity index (χ4v) is 2.15. The smallest absolute Gasteiger partial charge is 0.335 e. The summed E-state index contributed by atoms with van der Waals surface area (Å²) in [5, 5.41) is 8.99. The largest absolute Gasteiger partial charge is 0.478 e. The van der Waals surface area contributed by atoms with E-state index in [4.69, 9.17) is 5.11 Å². The van der Waals surface area contributed by atoms with E-state index in [-0.39, 0.29) is 0 Å². The zero-order valence-electron chi connectivity index (χ0n) is 10.2. The second-order valence-corrected chi connectivity index (χ2v) is 3.95. The number of carboxylic acid groups (broad SMARTS) is 1. The standard InChI is InChI=1S/C13H19NO2/c1-4-14(5-2,6-3)12-9-7-8-11(10-12)13(15)16/h7-10H,4-6H2,1-3H3/p+1. The van der Waals surface area contributed by atoms with Gasteiger partial charge in [-0.3, -0.25) is 4.48 Å². The maximum absolute atomic E-state index is 10.9. The van der Waals surface area contributed by atoms with Crippen molar-refractivity contribution in [3.63, 3.8) is 0 Å². The highest BCUT2D eigenvalue weighted by Gasteiger charge is 2.24. The van der Waals surface area contributed by atoms with Crippen molar-refractivity contribution in [2.24, 2.45) is 0 Å². The molecule has 0 atom stereocenters. The minimum atomic E-state index is -0.858. The van der Waals surface area contributed by atoms with Gasteiger partial charge in [-0.2, -0.15) is 0 Å². The third-order valence-electron chi connectivity index (χ3n) is 3.46. The highest BCUT2D eigenvalue weighted by atomic mass is 16.4. The molecule has 0 bridgehead atoms. The lowest BCUT2D eigenvalue weighted by atomic mass is 10.1. The maximum atomic E-state index is 10.9. The Labute approximate surface area is 96.9 Å². The van der Waals surface area contributed by atoms with Gasteiger partial charge in [0.15, 0.2) is 0 Å². The van der Waals surface area contributed by atoms with Crippen molar-refractivity contribution in [2.45, 2.75) is 20.8 Å². The number of aromatic carboxylic acids is 1. The van der Waals surface area contributed by atoms with Crippen LogP contribution in [-0.4, -0.2) is 30.7 Å². The zero-order valence-corrected chi connectivity index (χ0v) is 10.2. The molecule has 0 amide bonds. The van der Waals surface area contributed by atoms with Crippen molar-refractivity contribution in [3.05, 3.63) is 29.8 Å². The van der Waals surface area contributed by atoms with Gasteiger partial charge < -0.3 is 5.11 Å². The van der Waals surface area contributed by atoms with Crippen molar-refractivity contribution in [2.75, 3.05) is 19.6 Å². The number of carboxylic acids is 1. The van der Waals surface area contributed by atoms with E-state index < -0.39 is 5.97 Å². The van der Waals surface area contributed by atoms with Gasteiger partial charge in [-0.05, 0) is 32.9 Å². The van der Waals surface area contributed by atoms with E-state index in [0.29, 0.717) is 5.56 Å². The van der Waals surface area contributed by atoms with Crippen LogP contribution in [0.2, 0.25) is 0 Å². The average Bonchev–Trinajstić information content (AvgIpc) is 2.32. The fourth-order valence-electron chi connectivity index (χ4n) is 2.15. The molecule has 16 heavy (non-hydrogen) atoms. The van der Waals surface area contributed by atoms with Crippen LogP contribution in [0, 0.1) is 0 Å². The molecule has 88 valence electrons. The van der Waals surface area contributed by atoms with Gasteiger partial charge in [0, 0.05) is 6.07 Å². The fraction of sp³-hybridized carbons (Fsp3) is 0.462. The predicted molar refractivity (Wildman–Crippen MR) is 66.8 cm³/mol. The van der Waals surface area contributed by atoms with E-state index in [1.807, 2.05) is 12.1 Å². The molecule has 0 aliphatic heterocycles. The molecule has 0 aliphatic carbocycles. The molecule has 0 fully saturated rings. The first-order valence-corrected chi connectivity index (χ1v) is 5.79. The monoisotopic (exact) mass is 222 g/mol. The zero-order chi connectivity index (χ0) is 12.2. The Balaban J connectivity index is 3.20. The highest BCUT2D eigenvalue weighted by molar-refractivity contribution is 5.88. The molecule has 0 spiro atoms. The van der Waals surface area contributed by atoms with Gasteiger partial charge in [-0.15, -0.1) is 0 Å². The third kappa shape index (κ3) is 2.25. The number of rotatable bonds is 5. The lowest BCUT2D eigenvalue weighted by Crippen LogP contribution is -2.48. The Kier molecular flexibility index (Phi) is 4.07. The summed E-state index contributed by atoms with van der Waals surface area (Å²) in [4.78, 5) is 10.9. The van der Waals surface area contributed by atoms with Crippen LogP contribution in [0.25, 0.3) is 0 Å². The number of quaternary nitrogens is 1. The van der Waals surface area contributed by atoms with Gasteiger partial charge in [0.1, 0.15) is 5.69 Å². The number of hydrogen-bond donors (Lipinski definition) is 1. The number of benzene rings is 1. The van der Waals surface area contributed by atoms with Crippen molar-refractivity contribution < 1.29 is 9.90 Å². The first kappa shape index (κ1) is 12.7. The summed E-state index contributed by atoms with van der Waals surface area (Å²) < 4.78 is 0.834. The van der Waals surface area contributed by atoms with Crippen LogP contribution < -0.4 is 4.48 Å². The van der Waals surface area contributed by atoms with E-state index in [1.165, 1.54) is 0 Å². The Morgan fingerprint density at radius 1 is 1.19 bits per heavy atom. The normalized spacial score (nSPS) is 11.4. The molecule has 0 unspecified atom stereocenters. The summed E-state index contributed by atoms with van der Waals surface area (Å²) in [6.07, 6.45) is 0. The summed E-state index contributed by atoms with van der Waals surface area (Å²) in [5.74, 6) is -0.858. The molecule has 3 nitrogen and oxygen atoms in total. The predicted octanol–water partition coefficient (Wildman–Crippen LogP) is 2.75. The van der Waals surface area contributed by atoms with E-state index >= 15 is 0 Å². The van der Waals surface area contributed by atoms with E-state index in [9.17, 15) is 4.79 Å². The summed E-state index contributed by atoms with van der Waals surface area (Å²) in [6.45, 7) is 9.36. The summed E-state index contributed by atoms with van der Waals surface area (Å²) in [5.41, 5.74) is 1.46. The van der Waals surface area contributed by atoms with Crippen molar-refractivity contribution in [3.8, 4) is 0 Å². The Morgan fingerprint density at radius 3 is 2.19 bits per heavy atom. The Bertz CT molecular complexity index is 362. The Morgan fingerprint density at radius 2 is 1.75 bits per heavy atom. The molecule has 0 saturated carbocycles. The van der Waals surface area contributed by atoms with Gasteiger partial charge in [-0.1, -0.05) is 6.07 Å². The first-order valence-electron chi connectivity index (χ1n) is 5.79. The highest BCUT2D eigenvalue weighted by Crippen LogP contribution is 2.23. The van der Waals surface area contributed by atoms with Crippen LogP contribution in [-0.2, 0) is 0 Å². The van der Waals surface area contributed by atoms with Crippen LogP contribution in [0.1, 0.15) is 31.1 Å². The molecule has 1 aromatic carbocycles. The lowest BCUT2D eigenvalue weighted by Gasteiger charge is -2.35. The van der Waals surface area contributed by atoms with Crippen molar-refractivity contribution >= 4 is 11.7 Å². The van der Waals surface area contributed by atoms with Gasteiger partial charge in [0.25, 0.3) is 0 Å². The van der Waals surface area contributed by atoms with Crippen molar-refractivity contribution in [1.29, 1.82) is 0 Å². The van der Waals surface area contributed by atoms with E-state index in [2.05, 4.69) is 20.8 Å². The molecule has 0 aromatic heterocycles. The Hall–Kier alpha value is -1.35. The minimum Gasteiger partial charge on any atom is -0.478 e. The molecule has 1 aromatic rings. The molecule has 0 radical (unpaired) electrons. The first-order chi connectivity index (χ1) is 7.59. The minimum absolute atomic E-state index is 0.371. The number of nitrogens with zero attached hydrogens (tertiary/aromatic N) is 1. The topological polar surface area (TPSA) is 37.3 Å². The number of carbonyl (C=O) groups is 1. The van der Waals surface area contributed by atoms with Crippen molar-refractivity contribution in [1.82, 2.24) is 4.48 Å². The molecule has 0 heterocycles. The van der Waals surface area contributed by atoms with Gasteiger partial charge in [-0.25, -0.2) is 4.79 Å². The molecule has 1 rings (SSSR count). The summed E-state index contributed by atoms with van der Waals surface area (Å²) >= 11 is 0. The van der Waals surface area contributed by atoms with Gasteiger partial charge in [0.2, 0.25) is 0 Å². The quantitative estimate of drug-likeness (QED) is 0.778. The molecule has 3 heteroatoms. The van der Waals surface area contributed by atoms with Crippen LogP contribution in [0.4, 0.5) is 5.69 Å². The van der Waals surface area contributed by atoms with E-state index in [1.54, 1.807) is 12.1 Å². The van der Waals surface area contributed by atoms with Crippen LogP contribution >= 0.6 is 0 Å². The number of hydrogen-bond acceptors (Lipinski definition) is 1. The van der Waals surface area contributed by atoms with Crippen LogP contribution in [0.5, 0.6) is 0 Å². The van der Waals surface area contributed by atoms with Gasteiger partial charge in [0.05, 0.1) is 25.2 Å². The van der Waals surface area contributed by atoms with Crippen LogP contribution in [0.3, 0.4) is 0 Å². The maximum Gasteiger partial charge on any atom is 0.335 e. The van der Waals surface area contributed by atoms with Crippen LogP contribution in [0.15, 0.2) is 24.3 Å². The molecule has 0 aliphatic rings. The average molecular weight is 222 g/mol. The molecular formula is C13H20NO2+. The van der Waals surface area contributed by atoms with Gasteiger partial charge >= 0.3 is 5.97 Å². The summed E-state index contributed by atoms with van der Waals surface area (Å²) in [6, 6.07) is 7.27. The SMILES string of the molecule is CC[N+](CC)(CC)c1cccc(C(=O)O)c1. The molecule has 0 saturated heterocycles. The second kappa shape index (κ2) is 5.12.